The van der Waals surface area contributed by atoms with Gasteiger partial charge in [-0.3, -0.25) is 0 Å². The van der Waals surface area contributed by atoms with Crippen molar-refractivity contribution in [3.63, 3.8) is 0 Å². The molecule has 0 fully saturated rings. The zero-order valence-corrected chi connectivity index (χ0v) is 11.0. The molecule has 9 heteroatoms. The number of pyridine rings is 1. The van der Waals surface area contributed by atoms with E-state index in [1.807, 2.05) is 0 Å². The Bertz CT molecular complexity index is 464. The quantitative estimate of drug-likeness (QED) is 0.351. The van der Waals surface area contributed by atoms with Crippen molar-refractivity contribution in [1.29, 1.82) is 0 Å². The van der Waals surface area contributed by atoms with Crippen LogP contribution in [-0.2, 0) is 11.4 Å². The summed E-state index contributed by atoms with van der Waals surface area (Å²) in [6, 6.07) is 0.710. The minimum atomic E-state index is -5.00. The van der Waals surface area contributed by atoms with Gasteiger partial charge in [0.05, 0.1) is 12.8 Å². The van der Waals surface area contributed by atoms with Crippen LogP contribution >= 0.6 is 22.6 Å². The maximum atomic E-state index is 12.4. The van der Waals surface area contributed by atoms with Gasteiger partial charge in [-0.2, -0.15) is 0 Å². The summed E-state index contributed by atoms with van der Waals surface area (Å²) in [5.41, 5.74) is -0.765. The van der Waals surface area contributed by atoms with E-state index in [0.29, 0.717) is 6.07 Å². The number of aromatic nitrogens is 1. The summed E-state index contributed by atoms with van der Waals surface area (Å²) in [5, 5.41) is 0. The van der Waals surface area contributed by atoms with Crippen LogP contribution in [0.4, 0.5) is 17.6 Å². The first-order valence-corrected chi connectivity index (χ1v) is 5.45. The van der Waals surface area contributed by atoms with Gasteiger partial charge >= 0.3 is 12.3 Å². The van der Waals surface area contributed by atoms with E-state index < -0.39 is 30.3 Å². The highest BCUT2D eigenvalue weighted by Gasteiger charge is 2.34. The Morgan fingerprint density at radius 1 is 1.50 bits per heavy atom. The van der Waals surface area contributed by atoms with Crippen molar-refractivity contribution in [3.05, 3.63) is 21.0 Å². The number of carbonyl (C=O) groups is 1. The number of methoxy groups -OCH3 is 1. The molecule has 1 heterocycles. The molecular formula is C9H6F4INO3. The van der Waals surface area contributed by atoms with E-state index in [-0.39, 0.29) is 9.39 Å². The molecule has 0 aliphatic heterocycles. The second-order valence-electron chi connectivity index (χ2n) is 2.95. The third-order valence-corrected chi connectivity index (χ3v) is 2.52. The monoisotopic (exact) mass is 379 g/mol. The molecule has 0 saturated heterocycles. The van der Waals surface area contributed by atoms with E-state index in [0.717, 1.165) is 7.11 Å². The highest BCUT2D eigenvalue weighted by Crippen LogP contribution is 2.30. The van der Waals surface area contributed by atoms with Crippen LogP contribution in [-0.4, -0.2) is 24.4 Å². The molecule has 0 unspecified atom stereocenters. The number of nitrogens with zero attached hydrogens (tertiary/aromatic N) is 1. The lowest BCUT2D eigenvalue weighted by Crippen LogP contribution is -2.20. The van der Waals surface area contributed by atoms with Crippen molar-refractivity contribution >= 4 is 28.6 Å². The fourth-order valence-corrected chi connectivity index (χ4v) is 1.90. The molecule has 100 valence electrons. The molecule has 1 aromatic rings. The number of carbonyl (C=O) groups excluding carboxylic acids is 1. The van der Waals surface area contributed by atoms with Gasteiger partial charge in [-0.15, -0.1) is 13.2 Å². The van der Waals surface area contributed by atoms with Crippen LogP contribution in [0, 0.1) is 3.70 Å². The lowest BCUT2D eigenvalue weighted by molar-refractivity contribution is -0.274. The van der Waals surface area contributed by atoms with Crippen LogP contribution < -0.4 is 4.74 Å². The number of hydrogen-bond donors (Lipinski definition) is 0. The predicted molar refractivity (Wildman–Crippen MR) is 59.8 cm³/mol. The van der Waals surface area contributed by atoms with Gasteiger partial charge in [0.15, 0.2) is 0 Å². The standard InChI is InChI=1S/C9H6F4INO3/c1-17-8(16)6-5(18-9(11,12)13)2-4(3-10)15-7(6)14/h2H,3H2,1H3. The van der Waals surface area contributed by atoms with Crippen LogP contribution in [0.2, 0.25) is 0 Å². The number of ether oxygens (including phenoxy) is 2. The molecule has 1 aromatic heterocycles. The van der Waals surface area contributed by atoms with Crippen LogP contribution in [0.15, 0.2) is 6.07 Å². The molecular weight excluding hydrogens is 373 g/mol. The van der Waals surface area contributed by atoms with Crippen molar-refractivity contribution < 1.29 is 31.8 Å². The van der Waals surface area contributed by atoms with Crippen molar-refractivity contribution in [3.8, 4) is 5.75 Å². The molecule has 18 heavy (non-hydrogen) atoms. The smallest absolute Gasteiger partial charge is 0.465 e. The molecule has 4 nitrogen and oxygen atoms in total. The van der Waals surface area contributed by atoms with Crippen molar-refractivity contribution in [2.45, 2.75) is 13.0 Å². The topological polar surface area (TPSA) is 48.4 Å². The van der Waals surface area contributed by atoms with Crippen molar-refractivity contribution in [1.82, 2.24) is 4.98 Å². The average molecular weight is 379 g/mol. The summed E-state index contributed by atoms with van der Waals surface area (Å²) in [6.07, 6.45) is -5.00. The normalized spacial score (nSPS) is 11.2. The lowest BCUT2D eigenvalue weighted by atomic mass is 10.2. The molecule has 0 aromatic carbocycles. The van der Waals surface area contributed by atoms with E-state index in [2.05, 4.69) is 14.5 Å². The number of halogens is 5. The second kappa shape index (κ2) is 5.67. The first-order chi connectivity index (χ1) is 8.28. The molecule has 0 radical (unpaired) electrons. The van der Waals surface area contributed by atoms with Gasteiger partial charge in [0.25, 0.3) is 0 Å². The third kappa shape index (κ3) is 3.68. The summed E-state index contributed by atoms with van der Waals surface area (Å²) in [5.74, 6) is -1.88. The van der Waals surface area contributed by atoms with Gasteiger partial charge < -0.3 is 9.47 Å². The maximum Gasteiger partial charge on any atom is 0.573 e. The SMILES string of the molecule is COC(=O)c1c(OC(F)(F)F)cc(CF)nc1I. The number of alkyl halides is 4. The first kappa shape index (κ1) is 14.9. The molecule has 1 rings (SSSR count). The lowest BCUT2D eigenvalue weighted by Gasteiger charge is -2.13. The van der Waals surface area contributed by atoms with Gasteiger partial charge in [0, 0.05) is 6.07 Å². The van der Waals surface area contributed by atoms with E-state index in [4.69, 9.17) is 0 Å². The molecule has 0 aliphatic rings. The zero-order chi connectivity index (χ0) is 13.9. The summed E-state index contributed by atoms with van der Waals surface area (Å²) >= 11 is 1.50. The minimum Gasteiger partial charge on any atom is -0.465 e. The summed E-state index contributed by atoms with van der Waals surface area (Å²) in [4.78, 5) is 14.9. The fraction of sp³-hybridized carbons (Fsp3) is 0.333. The second-order valence-corrected chi connectivity index (χ2v) is 3.97. The zero-order valence-electron chi connectivity index (χ0n) is 8.85. The van der Waals surface area contributed by atoms with Crippen LogP contribution in [0.25, 0.3) is 0 Å². The largest absolute Gasteiger partial charge is 0.573 e. The maximum absolute atomic E-state index is 12.4. The third-order valence-electron chi connectivity index (χ3n) is 1.74. The fourth-order valence-electron chi connectivity index (χ4n) is 1.10. The van der Waals surface area contributed by atoms with Crippen molar-refractivity contribution in [2.24, 2.45) is 0 Å². The molecule has 0 N–H and O–H groups in total. The molecule has 0 amide bonds. The van der Waals surface area contributed by atoms with Gasteiger partial charge in [-0.25, -0.2) is 14.2 Å². The van der Waals surface area contributed by atoms with E-state index in [1.54, 1.807) is 0 Å². The number of rotatable bonds is 3. The Morgan fingerprint density at radius 3 is 2.56 bits per heavy atom. The average Bonchev–Trinajstić information content (AvgIpc) is 2.25. The molecule has 0 saturated carbocycles. The van der Waals surface area contributed by atoms with E-state index in [9.17, 15) is 22.4 Å². The summed E-state index contributed by atoms with van der Waals surface area (Å²) < 4.78 is 56.8. The molecule has 0 spiro atoms. The van der Waals surface area contributed by atoms with Crippen LogP contribution in [0.3, 0.4) is 0 Å². The first-order valence-electron chi connectivity index (χ1n) is 4.38. The van der Waals surface area contributed by atoms with Crippen LogP contribution in [0.1, 0.15) is 16.1 Å². The highest BCUT2D eigenvalue weighted by atomic mass is 127. The predicted octanol–water partition coefficient (Wildman–Crippen LogP) is 2.84. The van der Waals surface area contributed by atoms with Gasteiger partial charge in [0.2, 0.25) is 0 Å². The summed E-state index contributed by atoms with van der Waals surface area (Å²) in [7, 11) is 0.999. The summed E-state index contributed by atoms with van der Waals surface area (Å²) in [6.45, 7) is -1.08. The number of hydrogen-bond acceptors (Lipinski definition) is 4. The Labute approximate surface area is 112 Å². The van der Waals surface area contributed by atoms with Crippen LogP contribution in [0.5, 0.6) is 5.75 Å². The van der Waals surface area contributed by atoms with Gasteiger partial charge in [-0.05, 0) is 22.6 Å². The molecule has 0 atom stereocenters. The highest BCUT2D eigenvalue weighted by molar-refractivity contribution is 14.1. The van der Waals surface area contributed by atoms with Gasteiger partial charge in [-0.1, -0.05) is 0 Å². The van der Waals surface area contributed by atoms with Crippen molar-refractivity contribution in [2.75, 3.05) is 7.11 Å². The Kier molecular flexibility index (Phi) is 4.71. The van der Waals surface area contributed by atoms with Gasteiger partial charge in [0.1, 0.15) is 21.7 Å². The van der Waals surface area contributed by atoms with E-state index >= 15 is 0 Å². The number of esters is 1. The molecule has 0 bridgehead atoms. The Morgan fingerprint density at radius 2 is 2.11 bits per heavy atom. The minimum absolute atomic E-state index is 0.131. The van der Waals surface area contributed by atoms with E-state index in [1.165, 1.54) is 22.6 Å². The Hall–Kier alpha value is -1.13. The Balaban J connectivity index is 3.34. The molecule has 0 aliphatic carbocycles.